The van der Waals surface area contributed by atoms with E-state index in [0.29, 0.717) is 6.04 Å². The fourth-order valence-electron chi connectivity index (χ4n) is 2.67. The summed E-state index contributed by atoms with van der Waals surface area (Å²) in [5.74, 6) is 0.102. The molecule has 2 N–H and O–H groups in total. The minimum atomic E-state index is -0.373. The summed E-state index contributed by atoms with van der Waals surface area (Å²) < 4.78 is 0. The van der Waals surface area contributed by atoms with Crippen molar-refractivity contribution in [2.45, 2.75) is 44.7 Å². The molecule has 98 valence electrons. The summed E-state index contributed by atoms with van der Waals surface area (Å²) in [5, 5.41) is 0. The van der Waals surface area contributed by atoms with Gasteiger partial charge in [-0.25, -0.2) is 0 Å². The van der Waals surface area contributed by atoms with E-state index in [1.54, 1.807) is 6.92 Å². The van der Waals surface area contributed by atoms with Crippen LogP contribution in [0.15, 0.2) is 30.3 Å². The topological polar surface area (TPSA) is 46.3 Å². The number of amides is 1. The molecule has 0 aromatic heterocycles. The van der Waals surface area contributed by atoms with Gasteiger partial charge in [-0.2, -0.15) is 0 Å². The third-order valence-corrected chi connectivity index (χ3v) is 3.66. The number of benzene rings is 1. The van der Waals surface area contributed by atoms with Gasteiger partial charge >= 0.3 is 0 Å². The average molecular weight is 246 g/mol. The molecule has 1 aliphatic rings. The molecule has 1 unspecified atom stereocenters. The number of hydrogen-bond donors (Lipinski definition) is 1. The van der Waals surface area contributed by atoms with Gasteiger partial charge in [-0.05, 0) is 38.2 Å². The largest absolute Gasteiger partial charge is 0.338 e. The summed E-state index contributed by atoms with van der Waals surface area (Å²) in [6, 6.07) is 10.5. The molecule has 1 aromatic rings. The number of likely N-dealkylation sites (tertiary alicyclic amines) is 1. The van der Waals surface area contributed by atoms with Crippen molar-refractivity contribution in [1.29, 1.82) is 0 Å². The van der Waals surface area contributed by atoms with Gasteiger partial charge in [0.1, 0.15) is 0 Å². The Morgan fingerprint density at radius 1 is 1.44 bits per heavy atom. The highest BCUT2D eigenvalue weighted by Crippen LogP contribution is 2.22. The Kier molecular flexibility index (Phi) is 4.37. The molecule has 2 rings (SSSR count). The molecule has 0 aliphatic carbocycles. The lowest BCUT2D eigenvalue weighted by molar-refractivity contribution is -0.133. The number of nitrogens with zero attached hydrogens (tertiary/aromatic N) is 1. The zero-order valence-corrected chi connectivity index (χ0v) is 11.0. The summed E-state index contributed by atoms with van der Waals surface area (Å²) in [7, 11) is 0. The number of aryl methyl sites for hydroxylation is 1. The van der Waals surface area contributed by atoms with Crippen molar-refractivity contribution in [3.63, 3.8) is 0 Å². The van der Waals surface area contributed by atoms with Crippen molar-refractivity contribution in [1.82, 2.24) is 4.90 Å². The Labute approximate surface area is 109 Å². The Morgan fingerprint density at radius 2 is 2.17 bits per heavy atom. The zero-order chi connectivity index (χ0) is 13.0. The minimum absolute atomic E-state index is 0.102. The van der Waals surface area contributed by atoms with Crippen molar-refractivity contribution in [3.05, 3.63) is 35.9 Å². The lowest BCUT2D eigenvalue weighted by atomic mass is 10.0. The van der Waals surface area contributed by atoms with Crippen LogP contribution >= 0.6 is 0 Å². The zero-order valence-electron chi connectivity index (χ0n) is 11.0. The number of hydrogen-bond acceptors (Lipinski definition) is 2. The van der Waals surface area contributed by atoms with E-state index in [2.05, 4.69) is 24.3 Å². The maximum absolute atomic E-state index is 12.0. The summed E-state index contributed by atoms with van der Waals surface area (Å²) in [4.78, 5) is 13.9. The second kappa shape index (κ2) is 6.01. The predicted octanol–water partition coefficient (Wildman–Crippen LogP) is 1.96. The Bertz CT molecular complexity index is 389. The number of nitrogens with two attached hydrogens (primary N) is 1. The third-order valence-electron chi connectivity index (χ3n) is 3.66. The second-order valence-electron chi connectivity index (χ2n) is 5.14. The molecule has 1 heterocycles. The predicted molar refractivity (Wildman–Crippen MR) is 73.1 cm³/mol. The maximum Gasteiger partial charge on any atom is 0.239 e. The van der Waals surface area contributed by atoms with Gasteiger partial charge in [-0.1, -0.05) is 30.3 Å². The van der Waals surface area contributed by atoms with E-state index in [1.165, 1.54) is 5.56 Å². The van der Waals surface area contributed by atoms with Crippen molar-refractivity contribution in [2.75, 3.05) is 6.54 Å². The molecule has 1 aromatic carbocycles. The molecular formula is C15H22N2O. The molecule has 1 aliphatic heterocycles. The Balaban J connectivity index is 1.90. The summed E-state index contributed by atoms with van der Waals surface area (Å²) in [5.41, 5.74) is 7.04. The fraction of sp³-hybridized carbons (Fsp3) is 0.533. The van der Waals surface area contributed by atoms with Gasteiger partial charge in [-0.3, -0.25) is 4.79 Å². The molecule has 1 fully saturated rings. The van der Waals surface area contributed by atoms with Gasteiger partial charge in [0.2, 0.25) is 5.91 Å². The molecule has 0 bridgehead atoms. The Morgan fingerprint density at radius 3 is 2.83 bits per heavy atom. The lowest BCUT2D eigenvalue weighted by Gasteiger charge is -2.26. The van der Waals surface area contributed by atoms with E-state index in [4.69, 9.17) is 5.73 Å². The standard InChI is InChI=1S/C15H22N2O/c1-12(16)15(18)17-11-5-8-14(17)10-9-13-6-3-2-4-7-13/h2-4,6-7,12,14H,5,8-11,16H2,1H3/t12-,14?/m1/s1. The van der Waals surface area contributed by atoms with Crippen LogP contribution in [0.1, 0.15) is 31.7 Å². The molecular weight excluding hydrogens is 224 g/mol. The highest BCUT2D eigenvalue weighted by atomic mass is 16.2. The van der Waals surface area contributed by atoms with Crippen LogP contribution in [-0.4, -0.2) is 29.4 Å². The van der Waals surface area contributed by atoms with Crippen LogP contribution in [0.25, 0.3) is 0 Å². The van der Waals surface area contributed by atoms with Crippen LogP contribution in [0.4, 0.5) is 0 Å². The van der Waals surface area contributed by atoms with Crippen molar-refractivity contribution >= 4 is 5.91 Å². The van der Waals surface area contributed by atoms with E-state index in [9.17, 15) is 4.79 Å². The van der Waals surface area contributed by atoms with Crippen LogP contribution < -0.4 is 5.73 Å². The SMILES string of the molecule is C[C@@H](N)C(=O)N1CCCC1CCc1ccccc1. The van der Waals surface area contributed by atoms with E-state index in [-0.39, 0.29) is 11.9 Å². The fourth-order valence-corrected chi connectivity index (χ4v) is 2.67. The van der Waals surface area contributed by atoms with Gasteiger partial charge in [0.25, 0.3) is 0 Å². The number of carbonyl (C=O) groups is 1. The molecule has 18 heavy (non-hydrogen) atoms. The molecule has 1 amide bonds. The first-order valence-corrected chi connectivity index (χ1v) is 6.78. The Hall–Kier alpha value is -1.35. The number of carbonyl (C=O) groups excluding carboxylic acids is 1. The molecule has 3 heteroatoms. The van der Waals surface area contributed by atoms with Crippen LogP contribution in [0.5, 0.6) is 0 Å². The smallest absolute Gasteiger partial charge is 0.239 e. The molecule has 0 radical (unpaired) electrons. The first-order valence-electron chi connectivity index (χ1n) is 6.78. The molecule has 3 nitrogen and oxygen atoms in total. The van der Waals surface area contributed by atoms with Gasteiger partial charge in [-0.15, -0.1) is 0 Å². The van der Waals surface area contributed by atoms with Gasteiger partial charge < -0.3 is 10.6 Å². The van der Waals surface area contributed by atoms with Crippen LogP contribution in [0, 0.1) is 0 Å². The van der Waals surface area contributed by atoms with Gasteiger partial charge in [0, 0.05) is 12.6 Å². The first kappa shape index (κ1) is 13.1. The normalized spacial score (nSPS) is 21.0. The van der Waals surface area contributed by atoms with E-state index < -0.39 is 0 Å². The first-order chi connectivity index (χ1) is 8.68. The van der Waals surface area contributed by atoms with Crippen LogP contribution in [0.2, 0.25) is 0 Å². The third kappa shape index (κ3) is 3.10. The average Bonchev–Trinajstić information content (AvgIpc) is 2.84. The van der Waals surface area contributed by atoms with Gasteiger partial charge in [0.05, 0.1) is 6.04 Å². The van der Waals surface area contributed by atoms with Crippen molar-refractivity contribution < 1.29 is 4.79 Å². The van der Waals surface area contributed by atoms with Crippen LogP contribution in [-0.2, 0) is 11.2 Å². The summed E-state index contributed by atoms with van der Waals surface area (Å²) in [6.07, 6.45) is 4.31. The molecule has 0 spiro atoms. The molecule has 1 saturated heterocycles. The van der Waals surface area contributed by atoms with E-state index in [1.807, 2.05) is 11.0 Å². The summed E-state index contributed by atoms with van der Waals surface area (Å²) in [6.45, 7) is 2.65. The number of rotatable bonds is 4. The van der Waals surface area contributed by atoms with Crippen molar-refractivity contribution in [3.8, 4) is 0 Å². The minimum Gasteiger partial charge on any atom is -0.338 e. The van der Waals surface area contributed by atoms with E-state index >= 15 is 0 Å². The van der Waals surface area contributed by atoms with Crippen LogP contribution in [0.3, 0.4) is 0 Å². The quantitative estimate of drug-likeness (QED) is 0.882. The highest BCUT2D eigenvalue weighted by molar-refractivity contribution is 5.81. The highest BCUT2D eigenvalue weighted by Gasteiger charge is 2.29. The van der Waals surface area contributed by atoms with E-state index in [0.717, 1.165) is 32.2 Å². The summed E-state index contributed by atoms with van der Waals surface area (Å²) >= 11 is 0. The van der Waals surface area contributed by atoms with Crippen molar-refractivity contribution in [2.24, 2.45) is 5.73 Å². The lowest BCUT2D eigenvalue weighted by Crippen LogP contribution is -2.44. The molecule has 0 saturated carbocycles. The second-order valence-corrected chi connectivity index (χ2v) is 5.14. The van der Waals surface area contributed by atoms with Gasteiger partial charge in [0.15, 0.2) is 0 Å². The monoisotopic (exact) mass is 246 g/mol. The maximum atomic E-state index is 12.0. The molecule has 2 atom stereocenters.